The number of carbonyl (C=O) groups excluding carboxylic acids is 1. The Kier molecular flexibility index (Phi) is 3.40. The predicted molar refractivity (Wildman–Crippen MR) is 74.3 cm³/mol. The van der Waals surface area contributed by atoms with Gasteiger partial charge in [0.15, 0.2) is 0 Å². The highest BCUT2D eigenvalue weighted by Crippen LogP contribution is 2.35. The molecule has 0 bridgehead atoms. The van der Waals surface area contributed by atoms with Gasteiger partial charge in [-0.1, -0.05) is 0 Å². The molecule has 1 aromatic heterocycles. The second kappa shape index (κ2) is 5.19. The maximum atomic E-state index is 12.1. The summed E-state index contributed by atoms with van der Waals surface area (Å²) in [6.07, 6.45) is 3.01. The molecule has 2 aliphatic heterocycles. The van der Waals surface area contributed by atoms with Crippen molar-refractivity contribution in [2.75, 3.05) is 25.0 Å². The van der Waals surface area contributed by atoms with Crippen LogP contribution in [0.3, 0.4) is 0 Å². The van der Waals surface area contributed by atoms with E-state index in [-0.39, 0.29) is 6.03 Å². The average molecular weight is 276 g/mol. The van der Waals surface area contributed by atoms with Crippen LogP contribution in [0.1, 0.15) is 28.8 Å². The molecule has 1 saturated heterocycles. The van der Waals surface area contributed by atoms with E-state index in [9.17, 15) is 10.1 Å². The van der Waals surface area contributed by atoms with Gasteiger partial charge in [-0.2, -0.15) is 5.26 Å². The van der Waals surface area contributed by atoms with Crippen molar-refractivity contribution in [3.63, 3.8) is 0 Å². The molecule has 0 unspecified atom stereocenters. The van der Waals surface area contributed by atoms with E-state index in [1.165, 1.54) is 16.2 Å². The Hall–Kier alpha value is -1.58. The van der Waals surface area contributed by atoms with Crippen LogP contribution in [-0.2, 0) is 13.0 Å². The van der Waals surface area contributed by atoms with Gasteiger partial charge >= 0.3 is 6.03 Å². The summed E-state index contributed by atoms with van der Waals surface area (Å²) in [4.78, 5) is 15.1. The number of thiophene rings is 1. The van der Waals surface area contributed by atoms with E-state index >= 15 is 0 Å². The van der Waals surface area contributed by atoms with Gasteiger partial charge in [-0.05, 0) is 31.4 Å². The van der Waals surface area contributed by atoms with Crippen molar-refractivity contribution < 1.29 is 4.79 Å². The Labute approximate surface area is 116 Å². The molecule has 2 amide bonds. The van der Waals surface area contributed by atoms with Crippen molar-refractivity contribution in [3.05, 3.63) is 16.0 Å². The van der Waals surface area contributed by atoms with Gasteiger partial charge in [0.25, 0.3) is 0 Å². The maximum absolute atomic E-state index is 12.1. The number of nitriles is 1. The highest BCUT2D eigenvalue weighted by atomic mass is 32.1. The standard InChI is InChI=1S/C13H16N4OS/c14-7-10-9-3-4-15-8-11(9)19-12(10)16-13(18)17-5-1-2-6-17/h15H,1-6,8H2,(H,16,18). The van der Waals surface area contributed by atoms with Crippen LogP contribution in [-0.4, -0.2) is 30.6 Å². The summed E-state index contributed by atoms with van der Waals surface area (Å²) in [5.41, 5.74) is 1.78. The SMILES string of the molecule is N#Cc1c(NC(=O)N2CCCC2)sc2c1CCNC2. The number of nitrogens with one attached hydrogen (secondary N) is 2. The zero-order chi connectivity index (χ0) is 13.2. The molecule has 3 rings (SSSR count). The number of nitrogens with zero attached hydrogens (tertiary/aromatic N) is 2. The minimum atomic E-state index is -0.0689. The van der Waals surface area contributed by atoms with Crippen molar-refractivity contribution >= 4 is 22.4 Å². The lowest BCUT2D eigenvalue weighted by molar-refractivity contribution is 0.222. The normalized spacial score (nSPS) is 17.9. The summed E-state index contributed by atoms with van der Waals surface area (Å²) < 4.78 is 0. The van der Waals surface area contributed by atoms with Gasteiger partial charge in [0, 0.05) is 24.5 Å². The number of fused-ring (bicyclic) bond motifs is 1. The summed E-state index contributed by atoms with van der Waals surface area (Å²) in [6.45, 7) is 3.34. The Bertz CT molecular complexity index is 540. The first-order chi connectivity index (χ1) is 9.29. The summed E-state index contributed by atoms with van der Waals surface area (Å²) in [6, 6.07) is 2.18. The largest absolute Gasteiger partial charge is 0.325 e. The van der Waals surface area contributed by atoms with Crippen molar-refractivity contribution in [1.29, 1.82) is 5.26 Å². The minimum absolute atomic E-state index is 0.0689. The first-order valence-electron chi connectivity index (χ1n) is 6.61. The van der Waals surface area contributed by atoms with E-state index in [1.807, 2.05) is 4.90 Å². The number of hydrogen-bond donors (Lipinski definition) is 2. The van der Waals surface area contributed by atoms with E-state index in [4.69, 9.17) is 0 Å². The van der Waals surface area contributed by atoms with Crippen LogP contribution in [0.2, 0.25) is 0 Å². The average Bonchev–Trinajstić information content (AvgIpc) is 3.05. The highest BCUT2D eigenvalue weighted by Gasteiger charge is 2.24. The molecule has 1 aromatic rings. The molecular weight excluding hydrogens is 260 g/mol. The number of hydrogen-bond acceptors (Lipinski definition) is 4. The molecule has 0 spiro atoms. The van der Waals surface area contributed by atoms with Gasteiger partial charge in [0.05, 0.1) is 5.56 Å². The Morgan fingerprint density at radius 2 is 2.21 bits per heavy atom. The van der Waals surface area contributed by atoms with Gasteiger partial charge in [-0.3, -0.25) is 5.32 Å². The molecule has 0 saturated carbocycles. The van der Waals surface area contributed by atoms with Gasteiger partial charge in [0.1, 0.15) is 11.1 Å². The lowest BCUT2D eigenvalue weighted by Crippen LogP contribution is -2.32. The molecule has 3 heterocycles. The van der Waals surface area contributed by atoms with Crippen LogP contribution < -0.4 is 10.6 Å². The molecule has 0 aromatic carbocycles. The van der Waals surface area contributed by atoms with E-state index < -0.39 is 0 Å². The van der Waals surface area contributed by atoms with E-state index in [1.54, 1.807) is 0 Å². The third-order valence-electron chi connectivity index (χ3n) is 3.65. The lowest BCUT2D eigenvalue weighted by atomic mass is 10.1. The van der Waals surface area contributed by atoms with Crippen LogP contribution in [0, 0.1) is 11.3 Å². The first-order valence-corrected chi connectivity index (χ1v) is 7.42. The zero-order valence-corrected chi connectivity index (χ0v) is 11.5. The molecule has 0 atom stereocenters. The monoisotopic (exact) mass is 276 g/mol. The molecule has 19 heavy (non-hydrogen) atoms. The fourth-order valence-electron chi connectivity index (χ4n) is 2.64. The number of carbonyl (C=O) groups is 1. The zero-order valence-electron chi connectivity index (χ0n) is 10.7. The first kappa shape index (κ1) is 12.5. The fraction of sp³-hybridized carbons (Fsp3) is 0.538. The highest BCUT2D eigenvalue weighted by molar-refractivity contribution is 7.16. The Morgan fingerprint density at radius 3 is 2.95 bits per heavy atom. The summed E-state index contributed by atoms with van der Waals surface area (Å²) in [5.74, 6) is 0. The topological polar surface area (TPSA) is 68.2 Å². The van der Waals surface area contributed by atoms with Crippen molar-refractivity contribution in [3.8, 4) is 6.07 Å². The Morgan fingerprint density at radius 1 is 1.42 bits per heavy atom. The van der Waals surface area contributed by atoms with Crippen LogP contribution >= 0.6 is 11.3 Å². The molecular formula is C13H16N4OS. The van der Waals surface area contributed by atoms with Crippen LogP contribution in [0.4, 0.5) is 9.80 Å². The predicted octanol–water partition coefficient (Wildman–Crippen LogP) is 1.89. The third kappa shape index (κ3) is 2.31. The summed E-state index contributed by atoms with van der Waals surface area (Å²) in [5, 5.41) is 16.2. The second-order valence-electron chi connectivity index (χ2n) is 4.87. The minimum Gasteiger partial charge on any atom is -0.325 e. The molecule has 5 nitrogen and oxygen atoms in total. The Balaban J connectivity index is 1.82. The van der Waals surface area contributed by atoms with E-state index in [0.717, 1.165) is 51.0 Å². The summed E-state index contributed by atoms with van der Waals surface area (Å²) >= 11 is 1.53. The maximum Gasteiger partial charge on any atom is 0.322 e. The molecule has 1 fully saturated rings. The van der Waals surface area contributed by atoms with Gasteiger partial charge in [-0.25, -0.2) is 4.79 Å². The van der Waals surface area contributed by atoms with Crippen LogP contribution in [0.25, 0.3) is 0 Å². The van der Waals surface area contributed by atoms with Crippen LogP contribution in [0.5, 0.6) is 0 Å². The molecule has 2 aliphatic rings. The number of amides is 2. The van der Waals surface area contributed by atoms with Crippen molar-refractivity contribution in [2.24, 2.45) is 0 Å². The van der Waals surface area contributed by atoms with E-state index in [0.29, 0.717) is 10.6 Å². The third-order valence-corrected chi connectivity index (χ3v) is 4.80. The van der Waals surface area contributed by atoms with Gasteiger partial charge in [0.2, 0.25) is 0 Å². The molecule has 0 aliphatic carbocycles. The van der Waals surface area contributed by atoms with E-state index in [2.05, 4.69) is 16.7 Å². The molecule has 2 N–H and O–H groups in total. The number of urea groups is 1. The summed E-state index contributed by atoms with van der Waals surface area (Å²) in [7, 11) is 0. The number of anilines is 1. The van der Waals surface area contributed by atoms with Crippen molar-refractivity contribution in [2.45, 2.75) is 25.8 Å². The molecule has 100 valence electrons. The van der Waals surface area contributed by atoms with Gasteiger partial charge < -0.3 is 10.2 Å². The van der Waals surface area contributed by atoms with Gasteiger partial charge in [-0.15, -0.1) is 11.3 Å². The van der Waals surface area contributed by atoms with Crippen LogP contribution in [0.15, 0.2) is 0 Å². The van der Waals surface area contributed by atoms with Crippen molar-refractivity contribution in [1.82, 2.24) is 10.2 Å². The number of rotatable bonds is 1. The fourth-order valence-corrected chi connectivity index (χ4v) is 3.79. The lowest BCUT2D eigenvalue weighted by Gasteiger charge is -2.15. The molecule has 0 radical (unpaired) electrons. The quantitative estimate of drug-likeness (QED) is 0.823. The smallest absolute Gasteiger partial charge is 0.322 e. The molecule has 6 heteroatoms. The number of likely N-dealkylation sites (tertiary alicyclic amines) is 1. The second-order valence-corrected chi connectivity index (χ2v) is 5.98.